The van der Waals surface area contributed by atoms with Gasteiger partial charge in [-0.1, -0.05) is 18.2 Å². The van der Waals surface area contributed by atoms with Crippen molar-refractivity contribution >= 4 is 22.6 Å². The summed E-state index contributed by atoms with van der Waals surface area (Å²) in [6, 6.07) is 7.35. The summed E-state index contributed by atoms with van der Waals surface area (Å²) in [6.45, 7) is 2.05. The van der Waals surface area contributed by atoms with Crippen molar-refractivity contribution in [2.45, 2.75) is 31.7 Å². The van der Waals surface area contributed by atoms with Crippen molar-refractivity contribution in [3.05, 3.63) is 40.3 Å². The molecule has 140 valence electrons. The number of rotatable bonds is 1. The third-order valence-corrected chi connectivity index (χ3v) is 6.37. The molecule has 3 atom stereocenters. The van der Waals surface area contributed by atoms with Crippen molar-refractivity contribution in [3.8, 4) is 0 Å². The Morgan fingerprint density at radius 1 is 1.11 bits per heavy atom. The van der Waals surface area contributed by atoms with Crippen LogP contribution in [-0.4, -0.2) is 57.5 Å². The molecule has 0 saturated carbocycles. The maximum absolute atomic E-state index is 13.2. The molecule has 2 amide bonds. The minimum atomic E-state index is -0.283. The van der Waals surface area contributed by atoms with Gasteiger partial charge in [0.15, 0.2) is 5.69 Å². The van der Waals surface area contributed by atoms with E-state index in [9.17, 15) is 14.4 Å². The Balaban J connectivity index is 1.45. The Morgan fingerprint density at radius 2 is 1.93 bits per heavy atom. The van der Waals surface area contributed by atoms with Gasteiger partial charge in [0, 0.05) is 37.5 Å². The van der Waals surface area contributed by atoms with Crippen LogP contribution in [0.15, 0.2) is 29.1 Å². The van der Waals surface area contributed by atoms with Crippen LogP contribution in [0, 0.1) is 11.8 Å². The molecule has 2 aromatic rings. The zero-order valence-corrected chi connectivity index (χ0v) is 15.1. The van der Waals surface area contributed by atoms with Gasteiger partial charge in [0.1, 0.15) is 0 Å². The second-order valence-corrected chi connectivity index (χ2v) is 8.02. The predicted molar refractivity (Wildman–Crippen MR) is 99.2 cm³/mol. The minimum Gasteiger partial charge on any atom is -0.339 e. The summed E-state index contributed by atoms with van der Waals surface area (Å²) in [5.41, 5.74) is 0.0239. The molecular formula is C20H22N4O3. The maximum atomic E-state index is 13.2. The number of nitrogens with one attached hydrogen (secondary N) is 1. The first-order valence-corrected chi connectivity index (χ1v) is 9.68. The van der Waals surface area contributed by atoms with E-state index in [2.05, 4.69) is 15.1 Å². The maximum Gasteiger partial charge on any atom is 0.274 e. The van der Waals surface area contributed by atoms with Gasteiger partial charge in [0.05, 0.1) is 5.39 Å². The van der Waals surface area contributed by atoms with Crippen LogP contribution in [0.1, 0.15) is 36.2 Å². The third-order valence-electron chi connectivity index (χ3n) is 6.37. The SMILES string of the molecule is O=C(c1n[nH]c(=O)c2ccccc12)N1CC2CC(C1)[C@H]1CCCC(=O)N1C2. The molecule has 5 rings (SSSR count). The van der Waals surface area contributed by atoms with E-state index in [0.717, 1.165) is 25.8 Å². The molecule has 3 fully saturated rings. The lowest BCUT2D eigenvalue weighted by Crippen LogP contribution is -2.61. The van der Waals surface area contributed by atoms with E-state index in [-0.39, 0.29) is 23.4 Å². The summed E-state index contributed by atoms with van der Waals surface area (Å²) in [5, 5.41) is 7.61. The number of aromatic amines is 1. The normalized spacial score (nSPS) is 27.6. The van der Waals surface area contributed by atoms with Crippen LogP contribution >= 0.6 is 0 Å². The molecule has 0 radical (unpaired) electrons. The smallest absolute Gasteiger partial charge is 0.274 e. The fraction of sp³-hybridized carbons (Fsp3) is 0.500. The highest BCUT2D eigenvalue weighted by molar-refractivity contribution is 6.04. The minimum absolute atomic E-state index is 0.132. The Kier molecular flexibility index (Phi) is 3.77. The molecule has 0 aliphatic carbocycles. The average molecular weight is 366 g/mol. The first-order chi connectivity index (χ1) is 13.1. The van der Waals surface area contributed by atoms with Gasteiger partial charge in [0.2, 0.25) is 5.91 Å². The number of fused-ring (bicyclic) bond motifs is 5. The fourth-order valence-corrected chi connectivity index (χ4v) is 5.20. The predicted octanol–water partition coefficient (Wildman–Crippen LogP) is 1.40. The lowest BCUT2D eigenvalue weighted by atomic mass is 9.76. The van der Waals surface area contributed by atoms with Crippen molar-refractivity contribution < 1.29 is 9.59 Å². The quantitative estimate of drug-likeness (QED) is 0.826. The largest absolute Gasteiger partial charge is 0.339 e. The van der Waals surface area contributed by atoms with Crippen molar-refractivity contribution in [2.24, 2.45) is 11.8 Å². The van der Waals surface area contributed by atoms with Crippen LogP contribution < -0.4 is 5.56 Å². The summed E-state index contributed by atoms with van der Waals surface area (Å²) < 4.78 is 0. The Morgan fingerprint density at radius 3 is 2.78 bits per heavy atom. The molecule has 1 N–H and O–H groups in total. The summed E-state index contributed by atoms with van der Waals surface area (Å²) in [7, 11) is 0. The molecule has 27 heavy (non-hydrogen) atoms. The van der Waals surface area contributed by atoms with Crippen molar-refractivity contribution in [1.82, 2.24) is 20.0 Å². The Bertz CT molecular complexity index is 985. The number of aromatic nitrogens is 2. The van der Waals surface area contributed by atoms with E-state index >= 15 is 0 Å². The molecule has 2 unspecified atom stereocenters. The number of piperidine rings is 3. The number of benzene rings is 1. The van der Waals surface area contributed by atoms with Gasteiger partial charge < -0.3 is 9.80 Å². The van der Waals surface area contributed by atoms with Crippen molar-refractivity contribution in [2.75, 3.05) is 19.6 Å². The summed E-state index contributed by atoms with van der Waals surface area (Å²) in [5.74, 6) is 0.793. The van der Waals surface area contributed by atoms with Crippen LogP contribution in [0.2, 0.25) is 0 Å². The van der Waals surface area contributed by atoms with Gasteiger partial charge in [-0.2, -0.15) is 5.10 Å². The molecule has 1 aromatic carbocycles. The van der Waals surface area contributed by atoms with Crippen molar-refractivity contribution in [1.29, 1.82) is 0 Å². The average Bonchev–Trinajstić information content (AvgIpc) is 2.69. The van der Waals surface area contributed by atoms with Gasteiger partial charge in [0.25, 0.3) is 11.5 Å². The molecule has 2 bridgehead atoms. The van der Waals surface area contributed by atoms with Crippen molar-refractivity contribution in [3.63, 3.8) is 0 Å². The van der Waals surface area contributed by atoms with Gasteiger partial charge in [-0.25, -0.2) is 5.10 Å². The van der Waals surface area contributed by atoms with Gasteiger partial charge in [-0.05, 0) is 37.2 Å². The molecule has 3 aliphatic heterocycles. The molecule has 4 heterocycles. The number of carbonyl (C=O) groups is 2. The highest BCUT2D eigenvalue weighted by Crippen LogP contribution is 2.38. The number of likely N-dealkylation sites (tertiary alicyclic amines) is 1. The van der Waals surface area contributed by atoms with Crippen LogP contribution in [-0.2, 0) is 4.79 Å². The molecular weight excluding hydrogens is 344 g/mol. The fourth-order valence-electron chi connectivity index (χ4n) is 5.20. The van der Waals surface area contributed by atoms with E-state index in [0.29, 0.717) is 47.8 Å². The third kappa shape index (κ3) is 2.64. The first kappa shape index (κ1) is 16.5. The first-order valence-electron chi connectivity index (χ1n) is 9.68. The number of carbonyl (C=O) groups excluding carboxylic acids is 2. The van der Waals surface area contributed by atoms with E-state index in [4.69, 9.17) is 0 Å². The van der Waals surface area contributed by atoms with Gasteiger partial charge in [-0.15, -0.1) is 0 Å². The summed E-state index contributed by atoms with van der Waals surface area (Å²) >= 11 is 0. The topological polar surface area (TPSA) is 86.4 Å². The molecule has 7 nitrogen and oxygen atoms in total. The van der Waals surface area contributed by atoms with E-state index < -0.39 is 0 Å². The van der Waals surface area contributed by atoms with Crippen LogP contribution in [0.5, 0.6) is 0 Å². The van der Waals surface area contributed by atoms with Gasteiger partial charge >= 0.3 is 0 Å². The van der Waals surface area contributed by atoms with Crippen LogP contribution in [0.3, 0.4) is 0 Å². The molecule has 3 saturated heterocycles. The monoisotopic (exact) mass is 366 g/mol. The summed E-state index contributed by atoms with van der Waals surface area (Å²) in [6.07, 6.45) is 3.72. The summed E-state index contributed by atoms with van der Waals surface area (Å²) in [4.78, 5) is 41.5. The zero-order chi connectivity index (χ0) is 18.5. The van der Waals surface area contributed by atoms with Gasteiger partial charge in [-0.3, -0.25) is 14.4 Å². The van der Waals surface area contributed by atoms with Crippen LogP contribution in [0.25, 0.3) is 10.8 Å². The molecule has 3 aliphatic rings. The Labute approximate surface area is 156 Å². The number of hydrogen-bond acceptors (Lipinski definition) is 4. The second kappa shape index (κ2) is 6.18. The molecule has 7 heteroatoms. The highest BCUT2D eigenvalue weighted by atomic mass is 16.2. The molecule has 1 aromatic heterocycles. The number of H-pyrrole nitrogens is 1. The van der Waals surface area contributed by atoms with E-state index in [1.807, 2.05) is 11.0 Å². The lowest BCUT2D eigenvalue weighted by molar-refractivity contribution is -0.144. The lowest BCUT2D eigenvalue weighted by Gasteiger charge is -2.52. The van der Waals surface area contributed by atoms with Crippen LogP contribution in [0.4, 0.5) is 0 Å². The Hall–Kier alpha value is -2.70. The number of nitrogens with zero attached hydrogens (tertiary/aromatic N) is 3. The highest BCUT2D eigenvalue weighted by Gasteiger charge is 2.45. The number of amides is 2. The zero-order valence-electron chi connectivity index (χ0n) is 15.1. The standard InChI is InChI=1S/C20H22N4O3/c25-17-7-3-6-16-13-8-12(10-24(16)17)9-23(11-13)20(27)18-14-4-1-2-5-15(14)19(26)22-21-18/h1-2,4-5,12-13,16H,3,6-11H2,(H,22,26)/t12?,13?,16-/m1/s1. The van der Waals surface area contributed by atoms with E-state index in [1.54, 1.807) is 18.2 Å². The van der Waals surface area contributed by atoms with E-state index in [1.165, 1.54) is 0 Å². The number of hydrogen-bond donors (Lipinski definition) is 1. The molecule has 0 spiro atoms. The second-order valence-electron chi connectivity index (χ2n) is 8.02.